The van der Waals surface area contributed by atoms with Crippen LogP contribution in [0.4, 0.5) is 0 Å². The molecule has 0 spiro atoms. The van der Waals surface area contributed by atoms with Crippen molar-refractivity contribution in [3.8, 4) is 5.69 Å². The Balaban J connectivity index is 1.65. The van der Waals surface area contributed by atoms with E-state index in [1.807, 2.05) is 0 Å². The number of carboxylic acids is 1. The quantitative estimate of drug-likeness (QED) is 0.839. The lowest BCUT2D eigenvalue weighted by atomic mass is 10.2. The number of benzene rings is 1. The Hall–Kier alpha value is -2.71. The van der Waals surface area contributed by atoms with E-state index >= 15 is 0 Å². The van der Waals surface area contributed by atoms with Crippen molar-refractivity contribution in [1.29, 1.82) is 0 Å². The molecule has 1 saturated heterocycles. The van der Waals surface area contributed by atoms with Gasteiger partial charge in [0.2, 0.25) is 0 Å². The van der Waals surface area contributed by atoms with Crippen LogP contribution < -0.4 is 5.32 Å². The highest BCUT2D eigenvalue weighted by Gasteiger charge is 2.17. The van der Waals surface area contributed by atoms with Gasteiger partial charge in [-0.1, -0.05) is 0 Å². The molecule has 132 valence electrons. The lowest BCUT2D eigenvalue weighted by molar-refractivity contribution is -0.0855. The zero-order valence-electron chi connectivity index (χ0n) is 13.8. The van der Waals surface area contributed by atoms with Crippen molar-refractivity contribution in [2.24, 2.45) is 0 Å². The number of rotatable bonds is 5. The normalized spacial score (nSPS) is 17.2. The molecule has 2 heterocycles. The van der Waals surface area contributed by atoms with Gasteiger partial charge in [-0.25, -0.2) is 9.48 Å². The van der Waals surface area contributed by atoms with E-state index in [1.54, 1.807) is 31.2 Å². The van der Waals surface area contributed by atoms with Crippen LogP contribution >= 0.6 is 0 Å². The molecule has 8 heteroatoms. The number of nitrogens with zero attached hydrogens (tertiary/aromatic N) is 2. The molecule has 1 unspecified atom stereocenters. The van der Waals surface area contributed by atoms with E-state index in [4.69, 9.17) is 14.6 Å². The van der Waals surface area contributed by atoms with Crippen LogP contribution in [0.2, 0.25) is 0 Å². The molecule has 1 aromatic heterocycles. The monoisotopic (exact) mass is 345 g/mol. The van der Waals surface area contributed by atoms with Gasteiger partial charge in [0, 0.05) is 12.1 Å². The number of amides is 1. The maximum Gasteiger partial charge on any atom is 0.339 e. The minimum absolute atomic E-state index is 0.127. The summed E-state index contributed by atoms with van der Waals surface area (Å²) < 4.78 is 12.3. The van der Waals surface area contributed by atoms with Crippen molar-refractivity contribution >= 4 is 11.9 Å². The van der Waals surface area contributed by atoms with E-state index in [0.717, 1.165) is 0 Å². The Morgan fingerprint density at radius 1 is 1.32 bits per heavy atom. The Labute approximate surface area is 144 Å². The van der Waals surface area contributed by atoms with Crippen molar-refractivity contribution < 1.29 is 24.2 Å². The molecule has 1 aliphatic heterocycles. The van der Waals surface area contributed by atoms with Crippen LogP contribution in [0.3, 0.4) is 0 Å². The molecule has 1 aliphatic rings. The first-order valence-corrected chi connectivity index (χ1v) is 7.92. The highest BCUT2D eigenvalue weighted by atomic mass is 16.6. The van der Waals surface area contributed by atoms with E-state index in [2.05, 4.69) is 10.4 Å². The predicted octanol–water partition coefficient (Wildman–Crippen LogP) is 1.02. The van der Waals surface area contributed by atoms with Gasteiger partial charge in [0.05, 0.1) is 43.5 Å². The molecule has 3 rings (SSSR count). The van der Waals surface area contributed by atoms with Gasteiger partial charge in [0.25, 0.3) is 5.91 Å². The number of aromatic nitrogens is 2. The molecule has 1 atom stereocenters. The molecular formula is C17H19N3O5. The van der Waals surface area contributed by atoms with Gasteiger partial charge in [-0.05, 0) is 31.2 Å². The van der Waals surface area contributed by atoms with Gasteiger partial charge in [0.15, 0.2) is 0 Å². The molecule has 1 fully saturated rings. The van der Waals surface area contributed by atoms with Gasteiger partial charge < -0.3 is 19.9 Å². The van der Waals surface area contributed by atoms with Crippen molar-refractivity contribution in [2.75, 3.05) is 26.4 Å². The molecule has 0 bridgehead atoms. The lowest BCUT2D eigenvalue weighted by Gasteiger charge is -2.23. The van der Waals surface area contributed by atoms with Gasteiger partial charge in [0.1, 0.15) is 5.56 Å². The highest BCUT2D eigenvalue weighted by molar-refractivity contribution is 5.94. The Kier molecular flexibility index (Phi) is 5.11. The van der Waals surface area contributed by atoms with Gasteiger partial charge in [-0.3, -0.25) is 4.79 Å². The molecule has 1 aromatic carbocycles. The first-order valence-electron chi connectivity index (χ1n) is 7.92. The van der Waals surface area contributed by atoms with Crippen molar-refractivity contribution in [3.63, 3.8) is 0 Å². The zero-order chi connectivity index (χ0) is 17.8. The maximum absolute atomic E-state index is 12.2. The number of ether oxygens (including phenoxy) is 2. The number of hydrogen-bond donors (Lipinski definition) is 2. The summed E-state index contributed by atoms with van der Waals surface area (Å²) in [4.78, 5) is 23.3. The fourth-order valence-electron chi connectivity index (χ4n) is 2.60. The van der Waals surface area contributed by atoms with Crippen LogP contribution in [0.1, 0.15) is 26.4 Å². The molecule has 8 nitrogen and oxygen atoms in total. The zero-order valence-corrected chi connectivity index (χ0v) is 13.8. The molecular weight excluding hydrogens is 326 g/mol. The Morgan fingerprint density at radius 2 is 2.08 bits per heavy atom. The topological polar surface area (TPSA) is 103 Å². The van der Waals surface area contributed by atoms with E-state index in [9.17, 15) is 9.59 Å². The van der Waals surface area contributed by atoms with Crippen molar-refractivity contribution in [2.45, 2.75) is 13.0 Å². The summed E-state index contributed by atoms with van der Waals surface area (Å²) in [5.41, 5.74) is 1.87. The van der Waals surface area contributed by atoms with Crippen molar-refractivity contribution in [1.82, 2.24) is 15.1 Å². The minimum Gasteiger partial charge on any atom is -0.478 e. The lowest BCUT2D eigenvalue weighted by Crippen LogP contribution is -2.39. The Bertz CT molecular complexity index is 763. The average Bonchev–Trinajstić information content (AvgIpc) is 3.02. The fourth-order valence-corrected chi connectivity index (χ4v) is 2.60. The number of aromatic carboxylic acids is 1. The van der Waals surface area contributed by atoms with E-state index < -0.39 is 5.97 Å². The van der Waals surface area contributed by atoms with Crippen molar-refractivity contribution in [3.05, 3.63) is 47.3 Å². The summed E-state index contributed by atoms with van der Waals surface area (Å²) in [5.74, 6) is -1.22. The van der Waals surface area contributed by atoms with Crippen LogP contribution in [0.25, 0.3) is 5.69 Å². The smallest absolute Gasteiger partial charge is 0.339 e. The van der Waals surface area contributed by atoms with Gasteiger partial charge >= 0.3 is 5.97 Å². The second-order valence-electron chi connectivity index (χ2n) is 5.69. The van der Waals surface area contributed by atoms with Crippen LogP contribution in [0.15, 0.2) is 30.5 Å². The summed E-state index contributed by atoms with van der Waals surface area (Å²) in [5, 5.41) is 16.0. The third-order valence-electron chi connectivity index (χ3n) is 3.99. The SMILES string of the molecule is Cc1c(C(=O)O)cnn1-c1ccc(C(=O)NCC2COCCO2)cc1. The third-order valence-corrected chi connectivity index (χ3v) is 3.99. The second kappa shape index (κ2) is 7.45. The fraction of sp³-hybridized carbons (Fsp3) is 0.353. The standard InChI is InChI=1S/C17H19N3O5/c1-11-15(17(22)23)9-19-20(11)13-4-2-12(3-5-13)16(21)18-8-14-10-24-6-7-25-14/h2-5,9,14H,6-8,10H2,1H3,(H,18,21)(H,22,23). The summed E-state index contributed by atoms with van der Waals surface area (Å²) in [6, 6.07) is 6.79. The van der Waals surface area contributed by atoms with Gasteiger partial charge in [-0.15, -0.1) is 0 Å². The number of nitrogens with one attached hydrogen (secondary N) is 1. The summed E-state index contributed by atoms with van der Waals surface area (Å²) in [7, 11) is 0. The molecule has 0 aliphatic carbocycles. The largest absolute Gasteiger partial charge is 0.478 e. The summed E-state index contributed by atoms with van der Waals surface area (Å²) in [6.45, 7) is 3.67. The number of carbonyl (C=O) groups is 2. The summed E-state index contributed by atoms with van der Waals surface area (Å²) in [6.07, 6.45) is 1.18. The molecule has 2 N–H and O–H groups in total. The minimum atomic E-state index is -1.02. The molecule has 0 saturated carbocycles. The molecule has 0 radical (unpaired) electrons. The molecule has 1 amide bonds. The third kappa shape index (κ3) is 3.86. The molecule has 25 heavy (non-hydrogen) atoms. The van der Waals surface area contributed by atoms with Crippen LogP contribution in [0.5, 0.6) is 0 Å². The maximum atomic E-state index is 12.2. The number of hydrogen-bond acceptors (Lipinski definition) is 5. The van der Waals surface area contributed by atoms with Crippen LogP contribution in [-0.2, 0) is 9.47 Å². The van der Waals surface area contributed by atoms with Crippen LogP contribution in [0, 0.1) is 6.92 Å². The Morgan fingerprint density at radius 3 is 2.68 bits per heavy atom. The average molecular weight is 345 g/mol. The van der Waals surface area contributed by atoms with E-state index in [-0.39, 0.29) is 17.6 Å². The van der Waals surface area contributed by atoms with Crippen LogP contribution in [-0.4, -0.2) is 59.2 Å². The number of carbonyl (C=O) groups excluding carboxylic acids is 1. The second-order valence-corrected chi connectivity index (χ2v) is 5.69. The summed E-state index contributed by atoms with van der Waals surface area (Å²) >= 11 is 0. The predicted molar refractivity (Wildman–Crippen MR) is 88.2 cm³/mol. The van der Waals surface area contributed by atoms with Gasteiger partial charge in [-0.2, -0.15) is 5.10 Å². The first kappa shape index (κ1) is 17.1. The first-order chi connectivity index (χ1) is 12.1. The van der Waals surface area contributed by atoms with E-state index in [0.29, 0.717) is 43.3 Å². The highest BCUT2D eigenvalue weighted by Crippen LogP contribution is 2.15. The van der Waals surface area contributed by atoms with E-state index in [1.165, 1.54) is 10.9 Å². The molecule has 2 aromatic rings. The number of carboxylic acid groups (broad SMARTS) is 1.